The van der Waals surface area contributed by atoms with Crippen molar-refractivity contribution in [3.05, 3.63) is 65.8 Å². The average molecular weight is 255 g/mol. The van der Waals surface area contributed by atoms with Crippen molar-refractivity contribution >= 4 is 0 Å². The Kier molecular flexibility index (Phi) is 4.99. The van der Waals surface area contributed by atoms with Gasteiger partial charge in [-0.3, -0.25) is 0 Å². The fraction of sp³-hybridized carbons (Fsp3) is 0.294. The molecule has 2 nitrogen and oxygen atoms in total. The highest BCUT2D eigenvalue weighted by Gasteiger charge is 2.00. The van der Waals surface area contributed by atoms with E-state index in [9.17, 15) is 5.11 Å². The highest BCUT2D eigenvalue weighted by atomic mass is 16.3. The Morgan fingerprint density at radius 2 is 2.16 bits per heavy atom. The molecule has 0 bridgehead atoms. The van der Waals surface area contributed by atoms with E-state index in [1.165, 1.54) is 5.57 Å². The number of benzene rings is 1. The first-order chi connectivity index (χ1) is 9.24. The van der Waals surface area contributed by atoms with Gasteiger partial charge >= 0.3 is 0 Å². The van der Waals surface area contributed by atoms with Crippen LogP contribution in [0.4, 0.5) is 0 Å². The van der Waals surface area contributed by atoms with Gasteiger partial charge < -0.3 is 10.4 Å². The number of aromatic hydroxyl groups is 1. The lowest BCUT2D eigenvalue weighted by Crippen LogP contribution is -2.15. The highest BCUT2D eigenvalue weighted by Crippen LogP contribution is 2.14. The van der Waals surface area contributed by atoms with Crippen LogP contribution in [0, 0.1) is 5.92 Å². The lowest BCUT2D eigenvalue weighted by molar-refractivity contribution is 0.474. The Labute approximate surface area is 115 Å². The minimum Gasteiger partial charge on any atom is -0.508 e. The van der Waals surface area contributed by atoms with Crippen LogP contribution in [0.3, 0.4) is 0 Å². The summed E-state index contributed by atoms with van der Waals surface area (Å²) in [6.45, 7) is 3.93. The number of nitrogens with one attached hydrogen (secondary N) is 1. The predicted molar refractivity (Wildman–Crippen MR) is 80.0 cm³/mol. The van der Waals surface area contributed by atoms with Crippen LogP contribution in [0.1, 0.15) is 18.9 Å². The summed E-state index contributed by atoms with van der Waals surface area (Å²) in [6.07, 6.45) is 11.9. The van der Waals surface area contributed by atoms with Gasteiger partial charge in [0.15, 0.2) is 0 Å². The quantitative estimate of drug-likeness (QED) is 0.788. The molecular weight excluding hydrogens is 234 g/mol. The van der Waals surface area contributed by atoms with E-state index in [-0.39, 0.29) is 0 Å². The molecule has 2 heteroatoms. The van der Waals surface area contributed by atoms with E-state index in [0.29, 0.717) is 11.7 Å². The molecule has 0 saturated heterocycles. The molecule has 100 valence electrons. The van der Waals surface area contributed by atoms with Crippen LogP contribution in [-0.4, -0.2) is 11.7 Å². The average Bonchev–Trinajstić information content (AvgIpc) is 2.59. The molecule has 0 radical (unpaired) electrons. The van der Waals surface area contributed by atoms with Gasteiger partial charge in [-0.2, -0.15) is 0 Å². The first-order valence-corrected chi connectivity index (χ1v) is 6.78. The second kappa shape index (κ2) is 6.95. The first-order valence-electron chi connectivity index (χ1n) is 6.78. The maximum absolute atomic E-state index is 9.38. The second-order valence-corrected chi connectivity index (χ2v) is 4.94. The molecule has 1 aromatic carbocycles. The van der Waals surface area contributed by atoms with Gasteiger partial charge in [0.2, 0.25) is 0 Å². The molecule has 0 heterocycles. The number of rotatable bonds is 5. The van der Waals surface area contributed by atoms with Crippen molar-refractivity contribution in [3.8, 4) is 5.75 Å². The predicted octanol–water partition coefficient (Wildman–Crippen LogP) is 3.56. The zero-order valence-electron chi connectivity index (χ0n) is 11.3. The van der Waals surface area contributed by atoms with Gasteiger partial charge in [0.25, 0.3) is 0 Å². The smallest absolute Gasteiger partial charge is 0.115 e. The number of hydrogen-bond acceptors (Lipinski definition) is 2. The SMILES string of the molecule is CC1C=CC=CC(CCNCc2cccc(O)c2)=C1. The molecule has 0 spiro atoms. The molecule has 1 aromatic rings. The minimum atomic E-state index is 0.327. The van der Waals surface area contributed by atoms with E-state index >= 15 is 0 Å². The third-order valence-corrected chi connectivity index (χ3v) is 3.14. The van der Waals surface area contributed by atoms with Crippen molar-refractivity contribution in [2.24, 2.45) is 5.92 Å². The summed E-state index contributed by atoms with van der Waals surface area (Å²) in [5, 5.41) is 12.8. The van der Waals surface area contributed by atoms with Crippen LogP contribution in [0.15, 0.2) is 60.2 Å². The second-order valence-electron chi connectivity index (χ2n) is 4.94. The molecule has 19 heavy (non-hydrogen) atoms. The molecule has 0 amide bonds. The van der Waals surface area contributed by atoms with Gasteiger partial charge in [0.1, 0.15) is 5.75 Å². The fourth-order valence-corrected chi connectivity index (χ4v) is 2.17. The van der Waals surface area contributed by atoms with Crippen molar-refractivity contribution < 1.29 is 5.11 Å². The van der Waals surface area contributed by atoms with Crippen LogP contribution in [0.25, 0.3) is 0 Å². The van der Waals surface area contributed by atoms with Crippen molar-refractivity contribution in [1.82, 2.24) is 5.32 Å². The van der Waals surface area contributed by atoms with E-state index in [1.807, 2.05) is 12.1 Å². The highest BCUT2D eigenvalue weighted by molar-refractivity contribution is 5.28. The summed E-state index contributed by atoms with van der Waals surface area (Å²) in [5.41, 5.74) is 2.49. The Balaban J connectivity index is 1.75. The van der Waals surface area contributed by atoms with Crippen molar-refractivity contribution in [2.75, 3.05) is 6.54 Å². The Hall–Kier alpha value is -1.80. The third kappa shape index (κ3) is 4.76. The normalized spacial score (nSPS) is 18.2. The molecule has 1 unspecified atom stereocenters. The fourth-order valence-electron chi connectivity index (χ4n) is 2.17. The van der Waals surface area contributed by atoms with Gasteiger partial charge in [0.05, 0.1) is 0 Å². The van der Waals surface area contributed by atoms with Crippen LogP contribution < -0.4 is 5.32 Å². The number of phenols is 1. The molecule has 2 rings (SSSR count). The number of allylic oxidation sites excluding steroid dienone is 5. The summed E-state index contributed by atoms with van der Waals surface area (Å²) in [5.74, 6) is 0.838. The van der Waals surface area contributed by atoms with Gasteiger partial charge in [-0.05, 0) is 36.6 Å². The Bertz CT molecular complexity index is 500. The molecule has 0 fully saturated rings. The molecule has 1 aliphatic rings. The Morgan fingerprint density at radius 3 is 3.00 bits per heavy atom. The van der Waals surface area contributed by atoms with E-state index < -0.39 is 0 Å². The molecular formula is C17H21NO. The molecule has 0 aliphatic heterocycles. The van der Waals surface area contributed by atoms with Crippen LogP contribution in [-0.2, 0) is 6.54 Å². The monoisotopic (exact) mass is 255 g/mol. The zero-order valence-corrected chi connectivity index (χ0v) is 11.3. The van der Waals surface area contributed by atoms with Gasteiger partial charge in [-0.1, -0.05) is 55.0 Å². The van der Waals surface area contributed by atoms with Crippen molar-refractivity contribution in [3.63, 3.8) is 0 Å². The van der Waals surface area contributed by atoms with Crippen molar-refractivity contribution in [1.29, 1.82) is 0 Å². The zero-order chi connectivity index (χ0) is 13.5. The minimum absolute atomic E-state index is 0.327. The summed E-state index contributed by atoms with van der Waals surface area (Å²) >= 11 is 0. The summed E-state index contributed by atoms with van der Waals surface area (Å²) in [7, 11) is 0. The van der Waals surface area contributed by atoms with Crippen LogP contribution >= 0.6 is 0 Å². The summed E-state index contributed by atoms with van der Waals surface area (Å²) in [4.78, 5) is 0. The first kappa shape index (κ1) is 13.6. The standard InChI is InChI=1S/C17H21NO/c1-14-5-2-3-6-15(11-14)9-10-18-13-16-7-4-8-17(19)12-16/h2-8,11-12,14,18-19H,9-10,13H2,1H3. The summed E-state index contributed by atoms with van der Waals surface area (Å²) in [6, 6.07) is 7.38. The van der Waals surface area contributed by atoms with Gasteiger partial charge in [-0.15, -0.1) is 0 Å². The molecule has 1 atom stereocenters. The topological polar surface area (TPSA) is 32.3 Å². The van der Waals surface area contributed by atoms with Crippen LogP contribution in [0.5, 0.6) is 5.75 Å². The molecule has 2 N–H and O–H groups in total. The lowest BCUT2D eigenvalue weighted by Gasteiger charge is -2.07. The third-order valence-electron chi connectivity index (χ3n) is 3.14. The van der Waals surface area contributed by atoms with E-state index in [0.717, 1.165) is 25.1 Å². The number of phenolic OH excluding ortho intramolecular Hbond substituents is 1. The number of hydrogen-bond donors (Lipinski definition) is 2. The largest absolute Gasteiger partial charge is 0.508 e. The maximum Gasteiger partial charge on any atom is 0.115 e. The van der Waals surface area contributed by atoms with Gasteiger partial charge in [0, 0.05) is 6.54 Å². The van der Waals surface area contributed by atoms with Crippen molar-refractivity contribution in [2.45, 2.75) is 19.9 Å². The summed E-state index contributed by atoms with van der Waals surface area (Å²) < 4.78 is 0. The van der Waals surface area contributed by atoms with Gasteiger partial charge in [-0.25, -0.2) is 0 Å². The molecule has 0 aromatic heterocycles. The lowest BCUT2D eigenvalue weighted by atomic mass is 10.1. The molecule has 0 saturated carbocycles. The Morgan fingerprint density at radius 1 is 1.26 bits per heavy atom. The molecule has 1 aliphatic carbocycles. The maximum atomic E-state index is 9.38. The van der Waals surface area contributed by atoms with E-state index in [1.54, 1.807) is 12.1 Å². The van der Waals surface area contributed by atoms with Crippen LogP contribution in [0.2, 0.25) is 0 Å². The van der Waals surface area contributed by atoms with E-state index in [4.69, 9.17) is 0 Å². The van der Waals surface area contributed by atoms with E-state index in [2.05, 4.69) is 42.6 Å².